The van der Waals surface area contributed by atoms with Crippen LogP contribution in [0.25, 0.3) is 0 Å². The van der Waals surface area contributed by atoms with E-state index in [9.17, 15) is 0 Å². The Hall–Kier alpha value is -0.370. The maximum absolute atomic E-state index is 4.02. The Morgan fingerprint density at radius 2 is 1.93 bits per heavy atom. The minimum absolute atomic E-state index is 0.502. The zero-order valence-corrected chi connectivity index (χ0v) is 10.3. The molecule has 0 N–H and O–H groups in total. The smallest absolute Gasteiger partial charge is 0.0396 e. The number of hydrogen-bond donors (Lipinski definition) is 0. The van der Waals surface area contributed by atoms with Crippen LogP contribution in [0.2, 0.25) is 0 Å². The summed E-state index contributed by atoms with van der Waals surface area (Å²) in [5, 5.41) is 0. The first-order valence-electron chi connectivity index (χ1n) is 5.38. The summed E-state index contributed by atoms with van der Waals surface area (Å²) in [5.41, 5.74) is 1.34. The van der Waals surface area contributed by atoms with Crippen LogP contribution < -0.4 is 0 Å². The van der Waals surface area contributed by atoms with Crippen molar-refractivity contribution in [2.24, 2.45) is 0 Å². The monoisotopic (exact) mass is 255 g/mol. The molecule has 1 unspecified atom stereocenters. The van der Waals surface area contributed by atoms with Crippen molar-refractivity contribution in [1.82, 2.24) is 4.98 Å². The molecular weight excluding hydrogens is 238 g/mol. The van der Waals surface area contributed by atoms with Crippen LogP contribution in [0, 0.1) is 0 Å². The average Bonchev–Trinajstić information content (AvgIpc) is 2.25. The molecule has 1 heterocycles. The fourth-order valence-corrected chi connectivity index (χ4v) is 2.12. The molecule has 0 fully saturated rings. The Bertz CT molecular complexity index is 235. The zero-order chi connectivity index (χ0) is 10.2. The van der Waals surface area contributed by atoms with E-state index >= 15 is 0 Å². The molecule has 2 heteroatoms. The van der Waals surface area contributed by atoms with Crippen LogP contribution in [0.15, 0.2) is 24.5 Å². The predicted octanol–water partition coefficient (Wildman–Crippen LogP) is 4.49. The molecule has 0 bridgehead atoms. The fraction of sp³-hybridized carbons (Fsp3) is 0.583. The van der Waals surface area contributed by atoms with E-state index in [4.69, 9.17) is 0 Å². The van der Waals surface area contributed by atoms with Gasteiger partial charge in [0.1, 0.15) is 0 Å². The highest BCUT2D eigenvalue weighted by atomic mass is 79.9. The largest absolute Gasteiger partial charge is 0.265 e. The summed E-state index contributed by atoms with van der Waals surface area (Å²) in [6.07, 6.45) is 10.3. The second-order valence-electron chi connectivity index (χ2n) is 3.60. The van der Waals surface area contributed by atoms with E-state index in [-0.39, 0.29) is 0 Å². The van der Waals surface area contributed by atoms with Gasteiger partial charge in [0.2, 0.25) is 0 Å². The van der Waals surface area contributed by atoms with Gasteiger partial charge in [-0.05, 0) is 24.1 Å². The molecule has 1 atom stereocenters. The maximum atomic E-state index is 4.02. The Kier molecular flexibility index (Phi) is 5.85. The van der Waals surface area contributed by atoms with Crippen molar-refractivity contribution in [2.45, 2.75) is 43.9 Å². The number of alkyl halides is 1. The fourth-order valence-electron chi connectivity index (χ4n) is 1.49. The lowest BCUT2D eigenvalue weighted by atomic mass is 10.1. The van der Waals surface area contributed by atoms with Gasteiger partial charge in [-0.15, -0.1) is 0 Å². The third kappa shape index (κ3) is 4.23. The van der Waals surface area contributed by atoms with Gasteiger partial charge >= 0.3 is 0 Å². The quantitative estimate of drug-likeness (QED) is 0.540. The van der Waals surface area contributed by atoms with E-state index < -0.39 is 0 Å². The summed E-state index contributed by atoms with van der Waals surface area (Å²) in [7, 11) is 0. The lowest BCUT2D eigenvalue weighted by Crippen LogP contribution is -1.90. The van der Waals surface area contributed by atoms with Gasteiger partial charge < -0.3 is 0 Å². The number of nitrogens with zero attached hydrogens (tertiary/aromatic N) is 1. The standard InChI is InChI=1S/C12H18BrN/c1-2-3-4-5-6-12(13)11-7-9-14-10-8-11/h7-10,12H,2-6H2,1H3. The normalized spacial score (nSPS) is 12.7. The van der Waals surface area contributed by atoms with Gasteiger partial charge in [-0.1, -0.05) is 48.5 Å². The van der Waals surface area contributed by atoms with Gasteiger partial charge in [0, 0.05) is 17.2 Å². The molecule has 0 amide bonds. The van der Waals surface area contributed by atoms with Gasteiger partial charge in [-0.25, -0.2) is 0 Å². The van der Waals surface area contributed by atoms with E-state index in [2.05, 4.69) is 40.0 Å². The van der Waals surface area contributed by atoms with Crippen LogP contribution >= 0.6 is 15.9 Å². The van der Waals surface area contributed by atoms with Crippen LogP contribution in [-0.2, 0) is 0 Å². The van der Waals surface area contributed by atoms with Crippen molar-refractivity contribution in [1.29, 1.82) is 0 Å². The van der Waals surface area contributed by atoms with Gasteiger partial charge in [0.25, 0.3) is 0 Å². The SMILES string of the molecule is CCCCCCC(Br)c1ccncc1. The first-order valence-corrected chi connectivity index (χ1v) is 6.30. The number of rotatable bonds is 6. The molecule has 0 aliphatic carbocycles. The lowest BCUT2D eigenvalue weighted by molar-refractivity contribution is 0.630. The number of unbranched alkanes of at least 4 members (excludes halogenated alkanes) is 3. The maximum Gasteiger partial charge on any atom is 0.0396 e. The minimum Gasteiger partial charge on any atom is -0.265 e. The number of aromatic nitrogens is 1. The highest BCUT2D eigenvalue weighted by Crippen LogP contribution is 2.27. The van der Waals surface area contributed by atoms with Gasteiger partial charge in [-0.2, -0.15) is 0 Å². The summed E-state index contributed by atoms with van der Waals surface area (Å²) in [5.74, 6) is 0. The summed E-state index contributed by atoms with van der Waals surface area (Å²) >= 11 is 3.71. The van der Waals surface area contributed by atoms with Crippen molar-refractivity contribution < 1.29 is 0 Å². The Balaban J connectivity index is 2.25. The van der Waals surface area contributed by atoms with Crippen molar-refractivity contribution in [3.63, 3.8) is 0 Å². The first-order chi connectivity index (χ1) is 6.84. The molecule has 1 aromatic heterocycles. The third-order valence-corrected chi connectivity index (χ3v) is 3.37. The number of pyridine rings is 1. The van der Waals surface area contributed by atoms with Crippen LogP contribution in [0.4, 0.5) is 0 Å². The summed E-state index contributed by atoms with van der Waals surface area (Å²) in [6.45, 7) is 2.24. The highest BCUT2D eigenvalue weighted by Gasteiger charge is 2.05. The number of hydrogen-bond acceptors (Lipinski definition) is 1. The van der Waals surface area contributed by atoms with Crippen LogP contribution in [0.1, 0.15) is 49.4 Å². The van der Waals surface area contributed by atoms with Gasteiger partial charge in [-0.3, -0.25) is 4.98 Å². The molecule has 0 aromatic carbocycles. The van der Waals surface area contributed by atoms with Gasteiger partial charge in [0.15, 0.2) is 0 Å². The molecule has 0 saturated heterocycles. The predicted molar refractivity (Wildman–Crippen MR) is 64.7 cm³/mol. The molecule has 0 radical (unpaired) electrons. The Morgan fingerprint density at radius 1 is 1.21 bits per heavy atom. The van der Waals surface area contributed by atoms with Crippen LogP contribution in [-0.4, -0.2) is 4.98 Å². The van der Waals surface area contributed by atoms with Gasteiger partial charge in [0.05, 0.1) is 0 Å². The van der Waals surface area contributed by atoms with E-state index in [1.165, 1.54) is 37.7 Å². The molecule has 1 rings (SSSR count). The van der Waals surface area contributed by atoms with E-state index in [1.807, 2.05) is 12.4 Å². The van der Waals surface area contributed by atoms with Crippen molar-refractivity contribution in [3.8, 4) is 0 Å². The topological polar surface area (TPSA) is 12.9 Å². The summed E-state index contributed by atoms with van der Waals surface area (Å²) < 4.78 is 0. The van der Waals surface area contributed by atoms with E-state index in [0.717, 1.165) is 0 Å². The molecule has 78 valence electrons. The lowest BCUT2D eigenvalue weighted by Gasteiger charge is -2.08. The zero-order valence-electron chi connectivity index (χ0n) is 8.75. The molecule has 0 aliphatic rings. The van der Waals surface area contributed by atoms with Crippen molar-refractivity contribution in [3.05, 3.63) is 30.1 Å². The van der Waals surface area contributed by atoms with Crippen LogP contribution in [0.3, 0.4) is 0 Å². The Morgan fingerprint density at radius 3 is 2.57 bits per heavy atom. The average molecular weight is 256 g/mol. The molecular formula is C12H18BrN. The second-order valence-corrected chi connectivity index (χ2v) is 4.70. The number of halogens is 1. The van der Waals surface area contributed by atoms with E-state index in [1.54, 1.807) is 0 Å². The second kappa shape index (κ2) is 6.99. The summed E-state index contributed by atoms with van der Waals surface area (Å²) in [6, 6.07) is 4.17. The Labute approximate surface area is 95.1 Å². The molecule has 14 heavy (non-hydrogen) atoms. The molecule has 1 nitrogen and oxygen atoms in total. The van der Waals surface area contributed by atoms with Crippen LogP contribution in [0.5, 0.6) is 0 Å². The van der Waals surface area contributed by atoms with Crippen molar-refractivity contribution >= 4 is 15.9 Å². The molecule has 1 aromatic rings. The van der Waals surface area contributed by atoms with E-state index in [0.29, 0.717) is 4.83 Å². The third-order valence-electron chi connectivity index (χ3n) is 2.38. The first kappa shape index (κ1) is 11.7. The minimum atomic E-state index is 0.502. The summed E-state index contributed by atoms with van der Waals surface area (Å²) in [4.78, 5) is 4.52. The molecule has 0 aliphatic heterocycles. The van der Waals surface area contributed by atoms with Crippen molar-refractivity contribution in [2.75, 3.05) is 0 Å². The molecule has 0 spiro atoms. The highest BCUT2D eigenvalue weighted by molar-refractivity contribution is 9.09. The molecule has 0 saturated carbocycles.